The molecule has 0 aromatic heterocycles. The predicted molar refractivity (Wildman–Crippen MR) is 113 cm³/mol. The van der Waals surface area contributed by atoms with E-state index in [-0.39, 0.29) is 6.54 Å². The van der Waals surface area contributed by atoms with Crippen molar-refractivity contribution in [2.45, 2.75) is 33.1 Å². The lowest BCUT2D eigenvalue weighted by Crippen LogP contribution is -2.37. The summed E-state index contributed by atoms with van der Waals surface area (Å²) in [6, 6.07) is 14.3. The molecular formula is C21H28N2O4S. The summed E-state index contributed by atoms with van der Waals surface area (Å²) in [6.07, 6.45) is 4.33. The summed E-state index contributed by atoms with van der Waals surface area (Å²) in [7, 11) is -3.64. The van der Waals surface area contributed by atoms with Crippen LogP contribution in [-0.4, -0.2) is 33.7 Å². The van der Waals surface area contributed by atoms with E-state index in [1.54, 1.807) is 24.3 Å². The normalized spacial score (nSPS) is 11.1. The van der Waals surface area contributed by atoms with Gasteiger partial charge in [0.25, 0.3) is 0 Å². The minimum absolute atomic E-state index is 0.313. The zero-order chi connectivity index (χ0) is 20.6. The molecule has 0 saturated carbocycles. The molecule has 0 saturated heterocycles. The molecular weight excluding hydrogens is 376 g/mol. The smallest absolute Gasteiger partial charge is 0.245 e. The van der Waals surface area contributed by atoms with Gasteiger partial charge in [0.15, 0.2) is 0 Å². The van der Waals surface area contributed by atoms with Gasteiger partial charge in [-0.15, -0.1) is 0 Å². The second-order valence-electron chi connectivity index (χ2n) is 6.55. The molecule has 2 aromatic carbocycles. The van der Waals surface area contributed by atoms with E-state index >= 15 is 0 Å². The first-order valence-corrected chi connectivity index (χ1v) is 11.3. The van der Waals surface area contributed by atoms with Gasteiger partial charge in [0.1, 0.15) is 12.3 Å². The quantitative estimate of drug-likeness (QED) is 0.653. The van der Waals surface area contributed by atoms with Crippen molar-refractivity contribution in [1.82, 2.24) is 0 Å². The molecule has 28 heavy (non-hydrogen) atoms. The Balaban J connectivity index is 2.10. The molecule has 0 unspecified atom stereocenters. The Morgan fingerprint density at radius 3 is 2.43 bits per heavy atom. The standard InChI is InChI=1S/C21H28N2O4S/c1-4-6-8-17-11-13-18(14-12-17)22-21(24)16-23(28(3,25)26)19-9-7-10-20(15-19)27-5-2/h7,9-15H,4-6,8,16H2,1-3H3,(H,22,24). The van der Waals surface area contributed by atoms with Gasteiger partial charge < -0.3 is 10.1 Å². The van der Waals surface area contributed by atoms with Crippen molar-refractivity contribution in [3.8, 4) is 5.75 Å². The van der Waals surface area contributed by atoms with Gasteiger partial charge in [-0.1, -0.05) is 31.5 Å². The zero-order valence-corrected chi connectivity index (χ0v) is 17.5. The van der Waals surface area contributed by atoms with E-state index in [1.807, 2.05) is 31.2 Å². The maximum absolute atomic E-state index is 12.5. The van der Waals surface area contributed by atoms with Crippen LogP contribution < -0.4 is 14.4 Å². The van der Waals surface area contributed by atoms with Crippen LogP contribution in [0.4, 0.5) is 11.4 Å². The largest absolute Gasteiger partial charge is 0.494 e. The molecule has 6 nitrogen and oxygen atoms in total. The average molecular weight is 405 g/mol. The summed E-state index contributed by atoms with van der Waals surface area (Å²) in [6.45, 7) is 4.15. The SMILES string of the molecule is CCCCc1ccc(NC(=O)CN(c2cccc(OCC)c2)S(C)(=O)=O)cc1. The number of anilines is 2. The number of hydrogen-bond acceptors (Lipinski definition) is 4. The van der Waals surface area contributed by atoms with Crippen molar-refractivity contribution >= 4 is 27.3 Å². The third kappa shape index (κ3) is 6.56. The van der Waals surface area contributed by atoms with Crippen LogP contribution in [0, 0.1) is 0 Å². The van der Waals surface area contributed by atoms with Crippen molar-refractivity contribution in [1.29, 1.82) is 0 Å². The Hall–Kier alpha value is -2.54. The Morgan fingerprint density at radius 2 is 1.82 bits per heavy atom. The van der Waals surface area contributed by atoms with Crippen LogP contribution in [0.25, 0.3) is 0 Å². The van der Waals surface area contributed by atoms with Crippen molar-refractivity contribution in [3.63, 3.8) is 0 Å². The van der Waals surface area contributed by atoms with E-state index in [4.69, 9.17) is 4.74 Å². The van der Waals surface area contributed by atoms with Gasteiger partial charge in [-0.3, -0.25) is 9.10 Å². The number of unbranched alkanes of at least 4 members (excludes halogenated alkanes) is 1. The highest BCUT2D eigenvalue weighted by molar-refractivity contribution is 7.92. The molecule has 0 aliphatic carbocycles. The van der Waals surface area contributed by atoms with Crippen LogP contribution in [0.2, 0.25) is 0 Å². The lowest BCUT2D eigenvalue weighted by atomic mass is 10.1. The molecule has 0 aliphatic heterocycles. The monoisotopic (exact) mass is 404 g/mol. The molecule has 7 heteroatoms. The van der Waals surface area contributed by atoms with E-state index < -0.39 is 15.9 Å². The van der Waals surface area contributed by atoms with Crippen LogP contribution in [0.1, 0.15) is 32.3 Å². The first kappa shape index (κ1) is 21.8. The number of sulfonamides is 1. The Morgan fingerprint density at radius 1 is 1.11 bits per heavy atom. The second kappa shape index (κ2) is 10.1. The van der Waals surface area contributed by atoms with Crippen LogP contribution in [0.5, 0.6) is 5.75 Å². The number of carbonyl (C=O) groups excluding carboxylic acids is 1. The first-order valence-electron chi connectivity index (χ1n) is 9.42. The topological polar surface area (TPSA) is 75.7 Å². The first-order chi connectivity index (χ1) is 13.3. The van der Waals surface area contributed by atoms with E-state index in [0.29, 0.717) is 23.7 Å². The molecule has 2 rings (SSSR count). The van der Waals surface area contributed by atoms with Gasteiger partial charge in [-0.2, -0.15) is 0 Å². The fraction of sp³-hybridized carbons (Fsp3) is 0.381. The molecule has 0 aliphatic rings. The molecule has 1 amide bonds. The molecule has 0 atom stereocenters. The molecule has 0 radical (unpaired) electrons. The minimum atomic E-state index is -3.64. The van der Waals surface area contributed by atoms with Gasteiger partial charge in [0.2, 0.25) is 15.9 Å². The molecule has 0 bridgehead atoms. The number of benzene rings is 2. The van der Waals surface area contributed by atoms with Gasteiger partial charge in [-0.05, 0) is 49.6 Å². The maximum Gasteiger partial charge on any atom is 0.245 e. The summed E-state index contributed by atoms with van der Waals surface area (Å²) in [5.74, 6) is 0.144. The summed E-state index contributed by atoms with van der Waals surface area (Å²) < 4.78 is 31.0. The summed E-state index contributed by atoms with van der Waals surface area (Å²) >= 11 is 0. The van der Waals surface area contributed by atoms with Gasteiger partial charge in [-0.25, -0.2) is 8.42 Å². The average Bonchev–Trinajstić information content (AvgIpc) is 2.65. The van der Waals surface area contributed by atoms with E-state index in [1.165, 1.54) is 5.56 Å². The molecule has 1 N–H and O–H groups in total. The summed E-state index contributed by atoms with van der Waals surface area (Å²) in [5.41, 5.74) is 2.24. The highest BCUT2D eigenvalue weighted by Gasteiger charge is 2.21. The fourth-order valence-electron chi connectivity index (χ4n) is 2.76. The van der Waals surface area contributed by atoms with Crippen LogP contribution in [0.3, 0.4) is 0 Å². The lowest BCUT2D eigenvalue weighted by Gasteiger charge is -2.22. The van der Waals surface area contributed by atoms with Crippen molar-refractivity contribution < 1.29 is 17.9 Å². The maximum atomic E-state index is 12.5. The Labute approximate surface area is 167 Å². The minimum Gasteiger partial charge on any atom is -0.494 e. The number of hydrogen-bond donors (Lipinski definition) is 1. The fourth-order valence-corrected chi connectivity index (χ4v) is 3.61. The highest BCUT2D eigenvalue weighted by atomic mass is 32.2. The van der Waals surface area contributed by atoms with Crippen LogP contribution >= 0.6 is 0 Å². The summed E-state index contributed by atoms with van der Waals surface area (Å²) in [4.78, 5) is 12.5. The highest BCUT2D eigenvalue weighted by Crippen LogP contribution is 2.23. The van der Waals surface area contributed by atoms with Crippen molar-refractivity contribution in [3.05, 3.63) is 54.1 Å². The number of nitrogens with one attached hydrogen (secondary N) is 1. The van der Waals surface area contributed by atoms with E-state index in [0.717, 1.165) is 29.8 Å². The number of carbonyl (C=O) groups is 1. The van der Waals surface area contributed by atoms with Crippen LogP contribution in [-0.2, 0) is 21.2 Å². The molecule has 0 spiro atoms. The number of aryl methyl sites for hydroxylation is 1. The molecule has 0 heterocycles. The number of ether oxygens (including phenoxy) is 1. The van der Waals surface area contributed by atoms with E-state index in [2.05, 4.69) is 12.2 Å². The third-order valence-electron chi connectivity index (χ3n) is 4.16. The van der Waals surface area contributed by atoms with E-state index in [9.17, 15) is 13.2 Å². The predicted octanol–water partition coefficient (Wildman–Crippen LogP) is 3.83. The van der Waals surface area contributed by atoms with Gasteiger partial charge in [0.05, 0.1) is 18.6 Å². The van der Waals surface area contributed by atoms with Crippen molar-refractivity contribution in [2.24, 2.45) is 0 Å². The van der Waals surface area contributed by atoms with Crippen molar-refractivity contribution in [2.75, 3.05) is 29.0 Å². The second-order valence-corrected chi connectivity index (χ2v) is 8.46. The molecule has 0 fully saturated rings. The zero-order valence-electron chi connectivity index (χ0n) is 16.6. The van der Waals surface area contributed by atoms with Crippen LogP contribution in [0.15, 0.2) is 48.5 Å². The van der Waals surface area contributed by atoms with Gasteiger partial charge in [0, 0.05) is 11.8 Å². The van der Waals surface area contributed by atoms with Gasteiger partial charge >= 0.3 is 0 Å². The summed E-state index contributed by atoms with van der Waals surface area (Å²) in [5, 5.41) is 2.76. The Kier molecular flexibility index (Phi) is 7.87. The molecule has 152 valence electrons. The molecule has 2 aromatic rings. The number of nitrogens with zero attached hydrogens (tertiary/aromatic N) is 1. The lowest BCUT2D eigenvalue weighted by molar-refractivity contribution is -0.114. The number of rotatable bonds is 10. The number of amides is 1. The Bertz CT molecular complexity index is 880. The third-order valence-corrected chi connectivity index (χ3v) is 5.30.